The van der Waals surface area contributed by atoms with Crippen LogP contribution in [-0.2, 0) is 10.5 Å². The predicted octanol–water partition coefficient (Wildman–Crippen LogP) is 7.57. The molecule has 1 atom stereocenters. The summed E-state index contributed by atoms with van der Waals surface area (Å²) in [6, 6.07) is 18.8. The second-order valence-corrected chi connectivity index (χ2v) is 11.5. The van der Waals surface area contributed by atoms with Crippen LogP contribution in [0.5, 0.6) is 11.5 Å². The number of fused-ring (bicyclic) bond motifs is 1. The van der Waals surface area contributed by atoms with Gasteiger partial charge in [0.2, 0.25) is 11.1 Å². The standard InChI is InChI=1S/C32H34ClN5O3S/c1-6-15-41-26-14-12-22(17-27(26)40-5)29-28(30(39)35-25-13-11-19(2)16-20(25)3)21(4)34-31-36-32(37-38(29)31)42-18-23-9-7-8-10-24(23)33/h7-14,16-17,29H,6,15,18H2,1-5H3,(H,35,39)(H,34,36,37). The van der Waals surface area contributed by atoms with Crippen LogP contribution in [0, 0.1) is 13.8 Å². The highest BCUT2D eigenvalue weighted by atomic mass is 35.5. The summed E-state index contributed by atoms with van der Waals surface area (Å²) in [6.07, 6.45) is 0.876. The van der Waals surface area contributed by atoms with Crippen LogP contribution in [-0.4, -0.2) is 34.4 Å². The Bertz CT molecular complexity index is 1650. The molecular formula is C32H34ClN5O3S. The number of benzene rings is 3. The molecule has 2 heterocycles. The minimum Gasteiger partial charge on any atom is -0.493 e. The van der Waals surface area contributed by atoms with Crippen LogP contribution >= 0.6 is 23.4 Å². The number of thioether (sulfide) groups is 1. The van der Waals surface area contributed by atoms with Crippen molar-refractivity contribution in [3.05, 3.63) is 99.2 Å². The van der Waals surface area contributed by atoms with Crippen molar-refractivity contribution in [2.24, 2.45) is 0 Å². The van der Waals surface area contributed by atoms with E-state index in [1.807, 2.05) is 81.4 Å². The zero-order valence-corrected chi connectivity index (χ0v) is 25.9. The first-order valence-corrected chi connectivity index (χ1v) is 15.1. The number of halogens is 1. The molecule has 42 heavy (non-hydrogen) atoms. The molecule has 0 aliphatic carbocycles. The maximum Gasteiger partial charge on any atom is 0.255 e. The smallest absolute Gasteiger partial charge is 0.255 e. The Morgan fingerprint density at radius 2 is 1.90 bits per heavy atom. The molecule has 1 aliphatic rings. The van der Waals surface area contributed by atoms with Crippen molar-refractivity contribution in [2.75, 3.05) is 24.4 Å². The summed E-state index contributed by atoms with van der Waals surface area (Å²) in [5.74, 6) is 2.16. The molecule has 1 aliphatic heterocycles. The molecule has 0 radical (unpaired) electrons. The van der Waals surface area contributed by atoms with Crippen molar-refractivity contribution >= 4 is 40.9 Å². The first-order valence-electron chi connectivity index (χ1n) is 13.8. The van der Waals surface area contributed by atoms with E-state index in [0.717, 1.165) is 34.4 Å². The molecule has 8 nitrogen and oxygen atoms in total. The summed E-state index contributed by atoms with van der Waals surface area (Å²) in [5, 5.41) is 12.6. The summed E-state index contributed by atoms with van der Waals surface area (Å²) < 4.78 is 13.4. The molecule has 2 N–H and O–H groups in total. The number of amides is 1. The molecule has 0 bridgehead atoms. The van der Waals surface area contributed by atoms with Crippen LogP contribution in [0.3, 0.4) is 0 Å². The average molecular weight is 604 g/mol. The lowest BCUT2D eigenvalue weighted by molar-refractivity contribution is -0.113. The molecule has 0 saturated carbocycles. The van der Waals surface area contributed by atoms with Gasteiger partial charge < -0.3 is 20.1 Å². The Morgan fingerprint density at radius 1 is 1.10 bits per heavy atom. The molecule has 10 heteroatoms. The van der Waals surface area contributed by atoms with Gasteiger partial charge in [0.05, 0.1) is 19.3 Å². The number of aryl methyl sites for hydroxylation is 2. The topological polar surface area (TPSA) is 90.3 Å². The number of carbonyl (C=O) groups excluding carboxylic acids is 1. The number of rotatable bonds is 10. The number of methoxy groups -OCH3 is 1. The van der Waals surface area contributed by atoms with Gasteiger partial charge in [-0.1, -0.05) is 72.2 Å². The van der Waals surface area contributed by atoms with E-state index in [9.17, 15) is 4.79 Å². The number of allylic oxidation sites excluding steroid dienone is 1. The third-order valence-electron chi connectivity index (χ3n) is 6.99. The summed E-state index contributed by atoms with van der Waals surface area (Å²) in [4.78, 5) is 18.7. The molecule has 0 spiro atoms. The predicted molar refractivity (Wildman–Crippen MR) is 169 cm³/mol. The van der Waals surface area contributed by atoms with Crippen LogP contribution in [0.25, 0.3) is 0 Å². The van der Waals surface area contributed by atoms with Crippen LogP contribution in [0.4, 0.5) is 11.6 Å². The maximum atomic E-state index is 14.0. The van der Waals surface area contributed by atoms with E-state index in [4.69, 9.17) is 31.2 Å². The van der Waals surface area contributed by atoms with Crippen LogP contribution in [0.1, 0.15) is 48.6 Å². The minimum absolute atomic E-state index is 0.228. The largest absolute Gasteiger partial charge is 0.493 e. The molecule has 1 aromatic heterocycles. The second-order valence-electron chi connectivity index (χ2n) is 10.1. The summed E-state index contributed by atoms with van der Waals surface area (Å²) in [6.45, 7) is 8.52. The highest BCUT2D eigenvalue weighted by Gasteiger charge is 2.35. The molecule has 5 rings (SSSR count). The number of carbonyl (C=O) groups is 1. The first-order chi connectivity index (χ1) is 20.3. The molecule has 4 aromatic rings. The minimum atomic E-state index is -0.566. The molecule has 0 fully saturated rings. The quantitative estimate of drug-likeness (QED) is 0.181. The molecule has 1 unspecified atom stereocenters. The van der Waals surface area contributed by atoms with Crippen molar-refractivity contribution in [1.29, 1.82) is 0 Å². The number of aromatic nitrogens is 3. The first kappa shape index (κ1) is 29.5. The van der Waals surface area contributed by atoms with Crippen molar-refractivity contribution in [3.63, 3.8) is 0 Å². The Labute approximate surface area is 255 Å². The fourth-order valence-electron chi connectivity index (χ4n) is 4.88. The van der Waals surface area contributed by atoms with E-state index in [-0.39, 0.29) is 5.91 Å². The van der Waals surface area contributed by atoms with E-state index >= 15 is 0 Å². The normalized spacial score (nSPS) is 14.3. The van der Waals surface area contributed by atoms with Crippen molar-refractivity contribution in [3.8, 4) is 11.5 Å². The number of hydrogen-bond donors (Lipinski definition) is 2. The fraction of sp³-hybridized carbons (Fsp3) is 0.281. The second kappa shape index (κ2) is 12.9. The summed E-state index contributed by atoms with van der Waals surface area (Å²) >= 11 is 7.87. The lowest BCUT2D eigenvalue weighted by atomic mass is 9.94. The van der Waals surface area contributed by atoms with Gasteiger partial charge in [-0.15, -0.1) is 5.10 Å². The third-order valence-corrected chi connectivity index (χ3v) is 8.24. The molecular weight excluding hydrogens is 570 g/mol. The van der Waals surface area contributed by atoms with E-state index in [1.165, 1.54) is 11.8 Å². The molecule has 0 saturated heterocycles. The highest BCUT2D eigenvalue weighted by molar-refractivity contribution is 7.98. The van der Waals surface area contributed by atoms with Crippen LogP contribution in [0.2, 0.25) is 5.02 Å². The van der Waals surface area contributed by atoms with Gasteiger partial charge >= 0.3 is 0 Å². The van der Waals surface area contributed by atoms with E-state index in [1.54, 1.807) is 11.8 Å². The molecule has 218 valence electrons. The Kier molecular flexibility index (Phi) is 9.09. The highest BCUT2D eigenvalue weighted by Crippen LogP contribution is 2.40. The fourth-order valence-corrected chi connectivity index (χ4v) is 6.00. The Morgan fingerprint density at radius 3 is 2.64 bits per heavy atom. The Balaban J connectivity index is 1.54. The zero-order chi connectivity index (χ0) is 29.8. The number of hydrogen-bond acceptors (Lipinski definition) is 7. The van der Waals surface area contributed by atoms with Gasteiger partial charge in [0, 0.05) is 22.2 Å². The lowest BCUT2D eigenvalue weighted by Gasteiger charge is -2.29. The van der Waals surface area contributed by atoms with Crippen molar-refractivity contribution < 1.29 is 14.3 Å². The Hall–Kier alpha value is -3.95. The SMILES string of the molecule is CCCOc1ccc(C2C(C(=O)Nc3ccc(C)cc3C)=C(C)Nc3nc(SCc4ccccc4Cl)nn32)cc1OC. The van der Waals surface area contributed by atoms with E-state index in [0.29, 0.717) is 51.3 Å². The zero-order valence-electron chi connectivity index (χ0n) is 24.3. The van der Waals surface area contributed by atoms with E-state index in [2.05, 4.69) is 17.6 Å². The van der Waals surface area contributed by atoms with Gasteiger partial charge in [0.15, 0.2) is 11.5 Å². The number of nitrogens with one attached hydrogen (secondary N) is 2. The van der Waals surface area contributed by atoms with Gasteiger partial charge in [0.1, 0.15) is 6.04 Å². The lowest BCUT2D eigenvalue weighted by Crippen LogP contribution is -2.31. The van der Waals surface area contributed by atoms with Gasteiger partial charge in [-0.25, -0.2) is 4.68 Å². The van der Waals surface area contributed by atoms with Gasteiger partial charge in [0.25, 0.3) is 5.91 Å². The van der Waals surface area contributed by atoms with Crippen LogP contribution in [0.15, 0.2) is 77.1 Å². The summed E-state index contributed by atoms with van der Waals surface area (Å²) in [5.41, 5.74) is 5.90. The molecule has 3 aromatic carbocycles. The number of nitrogens with zero attached hydrogens (tertiary/aromatic N) is 3. The van der Waals surface area contributed by atoms with E-state index < -0.39 is 6.04 Å². The van der Waals surface area contributed by atoms with Crippen molar-refractivity contribution in [2.45, 2.75) is 51.1 Å². The van der Waals surface area contributed by atoms with Gasteiger partial charge in [-0.05, 0) is 68.1 Å². The number of ether oxygens (including phenoxy) is 2. The maximum absolute atomic E-state index is 14.0. The van der Waals surface area contributed by atoms with Gasteiger partial charge in [-0.2, -0.15) is 4.98 Å². The van der Waals surface area contributed by atoms with Gasteiger partial charge in [-0.3, -0.25) is 4.79 Å². The number of anilines is 2. The molecule has 1 amide bonds. The summed E-state index contributed by atoms with van der Waals surface area (Å²) in [7, 11) is 1.61. The monoisotopic (exact) mass is 603 g/mol. The average Bonchev–Trinajstić information content (AvgIpc) is 3.38. The third kappa shape index (κ3) is 6.27. The van der Waals surface area contributed by atoms with Crippen LogP contribution < -0.4 is 20.1 Å². The van der Waals surface area contributed by atoms with Crippen molar-refractivity contribution in [1.82, 2.24) is 14.8 Å².